The minimum atomic E-state index is 0.00984. The van der Waals surface area contributed by atoms with Crippen molar-refractivity contribution in [1.82, 2.24) is 10.6 Å². The second-order valence-electron chi connectivity index (χ2n) is 6.60. The molecule has 3 rings (SSSR count). The number of hydrogen-bond donors (Lipinski definition) is 2. The average Bonchev–Trinajstić information content (AvgIpc) is 3.03. The van der Waals surface area contributed by atoms with Crippen LogP contribution in [0.2, 0.25) is 0 Å². The van der Waals surface area contributed by atoms with Crippen molar-refractivity contribution in [3.63, 3.8) is 0 Å². The zero-order valence-corrected chi connectivity index (χ0v) is 13.3. The topological polar surface area (TPSA) is 50.4 Å². The van der Waals surface area contributed by atoms with Gasteiger partial charge in [-0.25, -0.2) is 0 Å². The molecule has 1 saturated heterocycles. The number of carbonyl (C=O) groups excluding carboxylic acids is 1. The third-order valence-corrected chi connectivity index (χ3v) is 4.80. The fourth-order valence-electron chi connectivity index (χ4n) is 3.39. The highest BCUT2D eigenvalue weighted by Gasteiger charge is 2.23. The normalized spacial score (nSPS) is 25.9. The summed E-state index contributed by atoms with van der Waals surface area (Å²) in [4.78, 5) is 12.5. The molecular weight excluding hydrogens is 276 g/mol. The van der Waals surface area contributed by atoms with Crippen molar-refractivity contribution in [3.8, 4) is 5.75 Å². The molecule has 4 nitrogen and oxygen atoms in total. The van der Waals surface area contributed by atoms with E-state index in [1.54, 1.807) is 0 Å². The van der Waals surface area contributed by atoms with Crippen molar-refractivity contribution in [2.45, 2.75) is 51.2 Å². The van der Waals surface area contributed by atoms with E-state index in [2.05, 4.69) is 17.6 Å². The molecule has 2 unspecified atom stereocenters. The number of nitrogens with one attached hydrogen (secondary N) is 2. The fourth-order valence-corrected chi connectivity index (χ4v) is 3.39. The van der Waals surface area contributed by atoms with Gasteiger partial charge in [-0.05, 0) is 69.3 Å². The lowest BCUT2D eigenvalue weighted by molar-refractivity contribution is 0.0913. The molecule has 0 radical (unpaired) electrons. The monoisotopic (exact) mass is 302 g/mol. The summed E-state index contributed by atoms with van der Waals surface area (Å²) in [5.74, 6) is 1.30. The lowest BCUT2D eigenvalue weighted by Gasteiger charge is -2.30. The lowest BCUT2D eigenvalue weighted by atomic mass is 9.95. The van der Waals surface area contributed by atoms with Crippen molar-refractivity contribution >= 4 is 5.91 Å². The van der Waals surface area contributed by atoms with Crippen LogP contribution in [0.3, 0.4) is 0 Å². The molecular formula is C18H26N2O2. The Bertz CT molecular complexity index is 512. The van der Waals surface area contributed by atoms with Crippen LogP contribution in [0.1, 0.15) is 49.4 Å². The van der Waals surface area contributed by atoms with Crippen molar-refractivity contribution in [2.24, 2.45) is 5.92 Å². The van der Waals surface area contributed by atoms with Gasteiger partial charge in [0.1, 0.15) is 5.75 Å². The summed E-state index contributed by atoms with van der Waals surface area (Å²) in [5.41, 5.74) is 0.696. The van der Waals surface area contributed by atoms with Crippen LogP contribution >= 0.6 is 0 Å². The van der Waals surface area contributed by atoms with Gasteiger partial charge in [-0.2, -0.15) is 0 Å². The molecule has 0 aromatic heterocycles. The van der Waals surface area contributed by atoms with Gasteiger partial charge in [-0.15, -0.1) is 0 Å². The molecule has 1 aromatic rings. The first-order valence-electron chi connectivity index (χ1n) is 8.50. The molecule has 2 fully saturated rings. The molecule has 1 amide bonds. The highest BCUT2D eigenvalue weighted by Crippen LogP contribution is 2.24. The Morgan fingerprint density at radius 1 is 1.27 bits per heavy atom. The summed E-state index contributed by atoms with van der Waals surface area (Å²) < 4.78 is 5.99. The van der Waals surface area contributed by atoms with E-state index in [0.717, 1.165) is 38.1 Å². The summed E-state index contributed by atoms with van der Waals surface area (Å²) >= 11 is 0. The highest BCUT2D eigenvalue weighted by atomic mass is 16.5. The van der Waals surface area contributed by atoms with E-state index in [4.69, 9.17) is 4.74 Å². The van der Waals surface area contributed by atoms with Gasteiger partial charge in [0.25, 0.3) is 5.91 Å². The summed E-state index contributed by atoms with van der Waals surface area (Å²) in [6, 6.07) is 7.85. The maximum atomic E-state index is 12.5. The number of hydrogen-bond acceptors (Lipinski definition) is 3. The van der Waals surface area contributed by atoms with Gasteiger partial charge in [0, 0.05) is 11.6 Å². The second-order valence-corrected chi connectivity index (χ2v) is 6.60. The molecule has 1 aliphatic heterocycles. The Hall–Kier alpha value is -1.55. The second kappa shape index (κ2) is 7.14. The molecule has 1 aliphatic carbocycles. The number of benzene rings is 1. The standard InChI is InChI=1S/C18H26N2O2/c1-13-12-19-10-9-17(13)20-18(21)14-5-4-8-16(11-14)22-15-6-2-3-7-15/h4-5,8,11,13,15,17,19H,2-3,6-7,9-10,12H2,1H3,(H,20,21). The Morgan fingerprint density at radius 3 is 2.86 bits per heavy atom. The van der Waals surface area contributed by atoms with E-state index in [1.807, 2.05) is 24.3 Å². The summed E-state index contributed by atoms with van der Waals surface area (Å²) in [7, 11) is 0. The first-order valence-corrected chi connectivity index (χ1v) is 8.50. The van der Waals surface area contributed by atoms with Crippen LogP contribution in [-0.4, -0.2) is 31.1 Å². The van der Waals surface area contributed by atoms with Crippen molar-refractivity contribution in [1.29, 1.82) is 0 Å². The predicted octanol–water partition coefficient (Wildman–Crippen LogP) is 2.74. The first-order chi connectivity index (χ1) is 10.7. The molecule has 0 spiro atoms. The molecule has 2 atom stereocenters. The summed E-state index contributed by atoms with van der Waals surface area (Å²) in [6.45, 7) is 4.12. The molecule has 22 heavy (non-hydrogen) atoms. The maximum Gasteiger partial charge on any atom is 0.251 e. The van der Waals surface area contributed by atoms with Gasteiger partial charge >= 0.3 is 0 Å². The lowest BCUT2D eigenvalue weighted by Crippen LogP contribution is -2.48. The van der Waals surface area contributed by atoms with Crippen LogP contribution in [-0.2, 0) is 0 Å². The van der Waals surface area contributed by atoms with Crippen LogP contribution < -0.4 is 15.4 Å². The SMILES string of the molecule is CC1CNCCC1NC(=O)c1cccc(OC2CCCC2)c1. The molecule has 4 heteroatoms. The number of amides is 1. The summed E-state index contributed by atoms with van der Waals surface area (Å²) in [5, 5.41) is 6.53. The van der Waals surface area contributed by atoms with Gasteiger partial charge in [0.15, 0.2) is 0 Å². The van der Waals surface area contributed by atoms with Gasteiger partial charge in [0.05, 0.1) is 6.10 Å². The molecule has 0 bridgehead atoms. The zero-order valence-electron chi connectivity index (χ0n) is 13.3. The minimum Gasteiger partial charge on any atom is -0.490 e. The Labute approximate surface area is 132 Å². The van der Waals surface area contributed by atoms with E-state index in [0.29, 0.717) is 17.6 Å². The van der Waals surface area contributed by atoms with Crippen LogP contribution in [0.4, 0.5) is 0 Å². The predicted molar refractivity (Wildman–Crippen MR) is 87.2 cm³/mol. The van der Waals surface area contributed by atoms with E-state index >= 15 is 0 Å². The van der Waals surface area contributed by atoms with Crippen LogP contribution in [0.25, 0.3) is 0 Å². The molecule has 2 N–H and O–H groups in total. The largest absolute Gasteiger partial charge is 0.490 e. The van der Waals surface area contributed by atoms with E-state index in [-0.39, 0.29) is 11.9 Å². The number of carbonyl (C=O) groups is 1. The highest BCUT2D eigenvalue weighted by molar-refractivity contribution is 5.94. The number of ether oxygens (including phenoxy) is 1. The maximum absolute atomic E-state index is 12.5. The smallest absolute Gasteiger partial charge is 0.251 e. The van der Waals surface area contributed by atoms with Crippen molar-refractivity contribution in [2.75, 3.05) is 13.1 Å². The van der Waals surface area contributed by atoms with Gasteiger partial charge < -0.3 is 15.4 Å². The zero-order chi connectivity index (χ0) is 15.4. The van der Waals surface area contributed by atoms with E-state index in [9.17, 15) is 4.79 Å². The molecule has 1 saturated carbocycles. The van der Waals surface area contributed by atoms with Crippen LogP contribution in [0.15, 0.2) is 24.3 Å². The number of piperidine rings is 1. The Morgan fingerprint density at radius 2 is 2.09 bits per heavy atom. The van der Waals surface area contributed by atoms with Gasteiger partial charge in [-0.1, -0.05) is 13.0 Å². The van der Waals surface area contributed by atoms with Crippen molar-refractivity contribution < 1.29 is 9.53 Å². The molecule has 1 heterocycles. The van der Waals surface area contributed by atoms with Gasteiger partial charge in [-0.3, -0.25) is 4.79 Å². The fraction of sp³-hybridized carbons (Fsp3) is 0.611. The van der Waals surface area contributed by atoms with Gasteiger partial charge in [0.2, 0.25) is 0 Å². The molecule has 120 valence electrons. The number of rotatable bonds is 4. The summed E-state index contributed by atoms with van der Waals surface area (Å²) in [6.07, 6.45) is 6.07. The third-order valence-electron chi connectivity index (χ3n) is 4.80. The molecule has 1 aromatic carbocycles. The van der Waals surface area contributed by atoms with E-state index in [1.165, 1.54) is 12.8 Å². The van der Waals surface area contributed by atoms with Crippen LogP contribution in [0.5, 0.6) is 5.75 Å². The van der Waals surface area contributed by atoms with Crippen molar-refractivity contribution in [3.05, 3.63) is 29.8 Å². The first kappa shape index (κ1) is 15.3. The van der Waals surface area contributed by atoms with E-state index < -0.39 is 0 Å². The third kappa shape index (κ3) is 3.80. The Balaban J connectivity index is 1.61. The molecule has 2 aliphatic rings. The average molecular weight is 302 g/mol. The quantitative estimate of drug-likeness (QED) is 0.899. The Kier molecular flexibility index (Phi) is 4.98. The minimum absolute atomic E-state index is 0.00984. The van der Waals surface area contributed by atoms with Crippen LogP contribution in [0, 0.1) is 5.92 Å².